The molecule has 0 aliphatic heterocycles. The SMILES string of the molecule is CCC(COC)Nc1cc(C)cnc1OC. The van der Waals surface area contributed by atoms with Crippen molar-refractivity contribution in [3.05, 3.63) is 17.8 Å². The van der Waals surface area contributed by atoms with E-state index in [2.05, 4.69) is 17.2 Å². The quantitative estimate of drug-likeness (QED) is 0.804. The van der Waals surface area contributed by atoms with E-state index in [0.29, 0.717) is 12.5 Å². The maximum atomic E-state index is 5.21. The second-order valence-corrected chi connectivity index (χ2v) is 3.77. The van der Waals surface area contributed by atoms with Crippen LogP contribution in [0.25, 0.3) is 0 Å². The Hall–Kier alpha value is -1.29. The molecule has 0 radical (unpaired) electrons. The summed E-state index contributed by atoms with van der Waals surface area (Å²) in [6, 6.07) is 2.31. The van der Waals surface area contributed by atoms with E-state index in [1.54, 1.807) is 20.4 Å². The molecule has 0 saturated heterocycles. The van der Waals surface area contributed by atoms with Gasteiger partial charge in [0, 0.05) is 19.3 Å². The maximum Gasteiger partial charge on any atom is 0.237 e. The summed E-state index contributed by atoms with van der Waals surface area (Å²) in [5.41, 5.74) is 2.03. The van der Waals surface area contributed by atoms with E-state index in [9.17, 15) is 0 Å². The van der Waals surface area contributed by atoms with Crippen LogP contribution in [0, 0.1) is 6.92 Å². The van der Waals surface area contributed by atoms with Crippen LogP contribution in [0.15, 0.2) is 12.3 Å². The van der Waals surface area contributed by atoms with Gasteiger partial charge in [-0.3, -0.25) is 0 Å². The molecule has 1 unspecified atom stereocenters. The zero-order valence-corrected chi connectivity index (χ0v) is 10.4. The number of hydrogen-bond acceptors (Lipinski definition) is 4. The third-order valence-corrected chi connectivity index (χ3v) is 2.40. The van der Waals surface area contributed by atoms with Crippen molar-refractivity contribution in [1.29, 1.82) is 0 Å². The highest BCUT2D eigenvalue weighted by Crippen LogP contribution is 2.23. The Bertz CT molecular complexity index is 329. The number of ether oxygens (including phenoxy) is 2. The van der Waals surface area contributed by atoms with Crippen molar-refractivity contribution in [2.24, 2.45) is 0 Å². The van der Waals surface area contributed by atoms with Crippen LogP contribution in [0.4, 0.5) is 5.69 Å². The van der Waals surface area contributed by atoms with Crippen molar-refractivity contribution in [2.75, 3.05) is 26.1 Å². The smallest absolute Gasteiger partial charge is 0.237 e. The summed E-state index contributed by atoms with van der Waals surface area (Å²) >= 11 is 0. The third-order valence-electron chi connectivity index (χ3n) is 2.40. The van der Waals surface area contributed by atoms with Crippen molar-refractivity contribution in [3.8, 4) is 5.88 Å². The van der Waals surface area contributed by atoms with Gasteiger partial charge in [-0.1, -0.05) is 6.92 Å². The highest BCUT2D eigenvalue weighted by Gasteiger charge is 2.10. The summed E-state index contributed by atoms with van der Waals surface area (Å²) in [5.74, 6) is 0.625. The summed E-state index contributed by atoms with van der Waals surface area (Å²) in [7, 11) is 3.33. The Balaban J connectivity index is 2.80. The molecule has 1 atom stereocenters. The molecule has 0 spiro atoms. The number of nitrogens with zero attached hydrogens (tertiary/aromatic N) is 1. The standard InChI is InChI=1S/C12H20N2O2/c1-5-10(8-15-3)14-11-6-9(2)7-13-12(11)16-4/h6-7,10,14H,5,8H2,1-4H3. The Kier molecular flexibility index (Phi) is 5.05. The van der Waals surface area contributed by atoms with Gasteiger partial charge in [0.2, 0.25) is 5.88 Å². The summed E-state index contributed by atoms with van der Waals surface area (Å²) < 4.78 is 10.4. The lowest BCUT2D eigenvalue weighted by atomic mass is 10.2. The molecule has 0 fully saturated rings. The first-order valence-corrected chi connectivity index (χ1v) is 5.47. The number of rotatable bonds is 6. The summed E-state index contributed by atoms with van der Waals surface area (Å²) in [6.45, 7) is 4.80. The minimum atomic E-state index is 0.280. The number of nitrogens with one attached hydrogen (secondary N) is 1. The summed E-state index contributed by atoms with van der Waals surface area (Å²) in [5, 5.41) is 3.38. The summed E-state index contributed by atoms with van der Waals surface area (Å²) in [4.78, 5) is 4.22. The van der Waals surface area contributed by atoms with E-state index in [1.165, 1.54) is 0 Å². The van der Waals surface area contributed by atoms with Gasteiger partial charge in [-0.2, -0.15) is 0 Å². The van der Waals surface area contributed by atoms with Gasteiger partial charge in [-0.15, -0.1) is 0 Å². The van der Waals surface area contributed by atoms with Crippen molar-refractivity contribution < 1.29 is 9.47 Å². The van der Waals surface area contributed by atoms with Crippen LogP contribution < -0.4 is 10.1 Å². The second-order valence-electron chi connectivity index (χ2n) is 3.77. The Morgan fingerprint density at radius 3 is 2.75 bits per heavy atom. The van der Waals surface area contributed by atoms with Gasteiger partial charge in [0.05, 0.1) is 19.4 Å². The lowest BCUT2D eigenvalue weighted by Gasteiger charge is -2.18. The van der Waals surface area contributed by atoms with E-state index >= 15 is 0 Å². The topological polar surface area (TPSA) is 43.4 Å². The minimum absolute atomic E-state index is 0.280. The third kappa shape index (κ3) is 3.38. The molecule has 4 heteroatoms. The first-order valence-electron chi connectivity index (χ1n) is 5.47. The lowest BCUT2D eigenvalue weighted by molar-refractivity contribution is 0.184. The van der Waals surface area contributed by atoms with Crippen LogP contribution in [0.1, 0.15) is 18.9 Å². The highest BCUT2D eigenvalue weighted by molar-refractivity contribution is 5.54. The van der Waals surface area contributed by atoms with E-state index in [-0.39, 0.29) is 6.04 Å². The maximum absolute atomic E-state index is 5.21. The fourth-order valence-corrected chi connectivity index (χ4v) is 1.51. The Morgan fingerprint density at radius 1 is 1.44 bits per heavy atom. The number of hydrogen-bond donors (Lipinski definition) is 1. The van der Waals surface area contributed by atoms with E-state index in [1.807, 2.05) is 13.0 Å². The molecule has 0 amide bonds. The predicted molar refractivity (Wildman–Crippen MR) is 65.1 cm³/mol. The van der Waals surface area contributed by atoms with Gasteiger partial charge in [0.1, 0.15) is 0 Å². The zero-order valence-electron chi connectivity index (χ0n) is 10.4. The number of anilines is 1. The zero-order chi connectivity index (χ0) is 12.0. The van der Waals surface area contributed by atoms with Crippen molar-refractivity contribution in [1.82, 2.24) is 4.98 Å². The summed E-state index contributed by atoms with van der Waals surface area (Å²) in [6.07, 6.45) is 2.78. The largest absolute Gasteiger partial charge is 0.480 e. The fourth-order valence-electron chi connectivity index (χ4n) is 1.51. The van der Waals surface area contributed by atoms with Crippen LogP contribution in [0.3, 0.4) is 0 Å². The van der Waals surface area contributed by atoms with E-state index in [0.717, 1.165) is 17.7 Å². The van der Waals surface area contributed by atoms with Crippen molar-refractivity contribution >= 4 is 5.69 Å². The number of aryl methyl sites for hydroxylation is 1. The molecule has 1 rings (SSSR count). The molecule has 4 nitrogen and oxygen atoms in total. The molecule has 16 heavy (non-hydrogen) atoms. The van der Waals surface area contributed by atoms with Crippen LogP contribution >= 0.6 is 0 Å². The van der Waals surface area contributed by atoms with Crippen LogP contribution in [0.5, 0.6) is 5.88 Å². The Labute approximate surface area is 97.0 Å². The minimum Gasteiger partial charge on any atom is -0.480 e. The fraction of sp³-hybridized carbons (Fsp3) is 0.583. The number of methoxy groups -OCH3 is 2. The molecule has 0 bridgehead atoms. The Morgan fingerprint density at radius 2 is 2.19 bits per heavy atom. The lowest BCUT2D eigenvalue weighted by Crippen LogP contribution is -2.24. The van der Waals surface area contributed by atoms with Gasteiger partial charge in [0.25, 0.3) is 0 Å². The van der Waals surface area contributed by atoms with E-state index in [4.69, 9.17) is 9.47 Å². The first-order chi connectivity index (χ1) is 7.71. The molecule has 1 heterocycles. The monoisotopic (exact) mass is 224 g/mol. The molecule has 1 aromatic heterocycles. The van der Waals surface area contributed by atoms with Gasteiger partial charge >= 0.3 is 0 Å². The molecule has 0 saturated carbocycles. The van der Waals surface area contributed by atoms with Crippen molar-refractivity contribution in [2.45, 2.75) is 26.3 Å². The molecule has 0 aliphatic carbocycles. The molecule has 0 aromatic carbocycles. The van der Waals surface area contributed by atoms with Crippen LogP contribution in [0.2, 0.25) is 0 Å². The molecule has 1 N–H and O–H groups in total. The predicted octanol–water partition coefficient (Wildman–Crippen LogP) is 2.24. The average Bonchev–Trinajstić information content (AvgIpc) is 2.29. The van der Waals surface area contributed by atoms with Gasteiger partial charge in [-0.05, 0) is 25.0 Å². The average molecular weight is 224 g/mol. The normalized spacial score (nSPS) is 12.2. The van der Waals surface area contributed by atoms with Crippen LogP contribution in [-0.2, 0) is 4.74 Å². The molecular formula is C12H20N2O2. The second kappa shape index (κ2) is 6.33. The van der Waals surface area contributed by atoms with Crippen molar-refractivity contribution in [3.63, 3.8) is 0 Å². The molecular weight excluding hydrogens is 204 g/mol. The number of pyridine rings is 1. The first kappa shape index (κ1) is 12.8. The highest BCUT2D eigenvalue weighted by atomic mass is 16.5. The molecule has 1 aromatic rings. The van der Waals surface area contributed by atoms with Gasteiger partial charge in [0.15, 0.2) is 0 Å². The molecule has 0 aliphatic rings. The van der Waals surface area contributed by atoms with Gasteiger partial charge < -0.3 is 14.8 Å². The molecule has 90 valence electrons. The number of aromatic nitrogens is 1. The van der Waals surface area contributed by atoms with Crippen LogP contribution in [-0.4, -0.2) is 31.9 Å². The van der Waals surface area contributed by atoms with E-state index < -0.39 is 0 Å². The van der Waals surface area contributed by atoms with Gasteiger partial charge in [-0.25, -0.2) is 4.98 Å².